The molecular formula is C13H19N3O. The number of hydrazone groups is 1. The van der Waals surface area contributed by atoms with Gasteiger partial charge in [0.2, 0.25) is 0 Å². The first-order chi connectivity index (χ1) is 8.34. The van der Waals surface area contributed by atoms with Crippen LogP contribution in [0.4, 0.5) is 0 Å². The molecule has 92 valence electrons. The number of amides is 1. The van der Waals surface area contributed by atoms with Crippen LogP contribution < -0.4 is 5.43 Å². The second kappa shape index (κ2) is 8.44. The Morgan fingerprint density at radius 1 is 1.47 bits per heavy atom. The fourth-order valence-corrected chi connectivity index (χ4v) is 1.39. The minimum Gasteiger partial charge on any atom is -0.267 e. The van der Waals surface area contributed by atoms with Gasteiger partial charge in [0.1, 0.15) is 0 Å². The zero-order valence-corrected chi connectivity index (χ0v) is 10.2. The number of rotatable bonds is 7. The van der Waals surface area contributed by atoms with E-state index in [0.717, 1.165) is 12.8 Å². The predicted octanol–water partition coefficient (Wildman–Crippen LogP) is 2.77. The Hall–Kier alpha value is -1.71. The van der Waals surface area contributed by atoms with E-state index in [1.54, 1.807) is 24.5 Å². The molecule has 0 spiro atoms. The van der Waals surface area contributed by atoms with Crippen molar-refractivity contribution in [1.82, 2.24) is 10.4 Å². The van der Waals surface area contributed by atoms with Crippen molar-refractivity contribution >= 4 is 12.1 Å². The summed E-state index contributed by atoms with van der Waals surface area (Å²) in [6.07, 6.45) is 10.7. The molecule has 1 amide bonds. The molecule has 1 rings (SSSR count). The number of carbonyl (C=O) groups excluding carboxylic acids is 1. The number of hydrogen-bond acceptors (Lipinski definition) is 3. The predicted molar refractivity (Wildman–Crippen MR) is 69.0 cm³/mol. The largest absolute Gasteiger partial charge is 0.272 e. The number of nitrogens with zero attached hydrogens (tertiary/aromatic N) is 2. The lowest BCUT2D eigenvalue weighted by Crippen LogP contribution is -2.17. The molecule has 17 heavy (non-hydrogen) atoms. The van der Waals surface area contributed by atoms with Gasteiger partial charge >= 0.3 is 0 Å². The van der Waals surface area contributed by atoms with Crippen molar-refractivity contribution in [3.63, 3.8) is 0 Å². The quantitative estimate of drug-likeness (QED) is 0.447. The van der Waals surface area contributed by atoms with Crippen LogP contribution in [-0.2, 0) is 0 Å². The molecule has 4 heteroatoms. The number of unbranched alkanes of at least 4 members (excludes halogenated alkanes) is 4. The lowest BCUT2D eigenvalue weighted by molar-refractivity contribution is 0.0954. The SMILES string of the molecule is CCCCCCC=NNC(=O)c1cccnc1. The molecular weight excluding hydrogens is 214 g/mol. The summed E-state index contributed by atoms with van der Waals surface area (Å²) in [5.41, 5.74) is 3.00. The van der Waals surface area contributed by atoms with Crippen LogP contribution in [0.3, 0.4) is 0 Å². The van der Waals surface area contributed by atoms with E-state index in [-0.39, 0.29) is 5.91 Å². The highest BCUT2D eigenvalue weighted by Gasteiger charge is 2.01. The molecule has 1 aromatic heterocycles. The van der Waals surface area contributed by atoms with Crippen molar-refractivity contribution in [3.05, 3.63) is 30.1 Å². The Morgan fingerprint density at radius 2 is 2.35 bits per heavy atom. The van der Waals surface area contributed by atoms with Gasteiger partial charge in [-0.15, -0.1) is 0 Å². The number of aromatic nitrogens is 1. The Labute approximate surface area is 102 Å². The van der Waals surface area contributed by atoms with Gasteiger partial charge in [-0.2, -0.15) is 5.10 Å². The summed E-state index contributed by atoms with van der Waals surface area (Å²) in [6.45, 7) is 2.18. The number of hydrogen-bond donors (Lipinski definition) is 1. The Bertz CT molecular complexity index is 349. The smallest absolute Gasteiger partial charge is 0.267 e. The van der Waals surface area contributed by atoms with Crippen molar-refractivity contribution in [3.8, 4) is 0 Å². The van der Waals surface area contributed by atoms with Crippen LogP contribution >= 0.6 is 0 Å². The fourth-order valence-electron chi connectivity index (χ4n) is 1.39. The van der Waals surface area contributed by atoms with E-state index in [9.17, 15) is 4.79 Å². The molecule has 0 aromatic carbocycles. The van der Waals surface area contributed by atoms with Gasteiger partial charge in [0.15, 0.2) is 0 Å². The van der Waals surface area contributed by atoms with E-state index in [1.807, 2.05) is 0 Å². The van der Waals surface area contributed by atoms with Gasteiger partial charge in [-0.1, -0.05) is 26.2 Å². The van der Waals surface area contributed by atoms with E-state index in [0.29, 0.717) is 5.56 Å². The van der Waals surface area contributed by atoms with Crippen molar-refractivity contribution in [2.75, 3.05) is 0 Å². The summed E-state index contributed by atoms with van der Waals surface area (Å²) in [4.78, 5) is 15.4. The average molecular weight is 233 g/mol. The van der Waals surface area contributed by atoms with Crippen molar-refractivity contribution in [2.45, 2.75) is 39.0 Å². The van der Waals surface area contributed by atoms with Crippen LogP contribution in [0.1, 0.15) is 49.4 Å². The first kappa shape index (κ1) is 13.4. The molecule has 1 heterocycles. The second-order valence-corrected chi connectivity index (χ2v) is 3.84. The molecule has 0 bridgehead atoms. The first-order valence-corrected chi connectivity index (χ1v) is 6.06. The van der Waals surface area contributed by atoms with Crippen LogP contribution in [0, 0.1) is 0 Å². The minimum absolute atomic E-state index is 0.220. The highest BCUT2D eigenvalue weighted by Crippen LogP contribution is 2.00. The lowest BCUT2D eigenvalue weighted by atomic mass is 10.2. The average Bonchev–Trinajstić information content (AvgIpc) is 2.38. The van der Waals surface area contributed by atoms with Crippen molar-refractivity contribution < 1.29 is 4.79 Å². The van der Waals surface area contributed by atoms with E-state index in [1.165, 1.54) is 25.5 Å². The van der Waals surface area contributed by atoms with Crippen LogP contribution in [0.2, 0.25) is 0 Å². The molecule has 0 aliphatic heterocycles. The third-order valence-corrected chi connectivity index (χ3v) is 2.37. The normalized spacial score (nSPS) is 10.6. The van der Waals surface area contributed by atoms with Gasteiger partial charge in [0, 0.05) is 18.6 Å². The van der Waals surface area contributed by atoms with Crippen LogP contribution in [0.15, 0.2) is 29.6 Å². The molecule has 1 N–H and O–H groups in total. The molecule has 0 aliphatic carbocycles. The number of pyridine rings is 1. The van der Waals surface area contributed by atoms with Gasteiger partial charge in [-0.05, 0) is 25.0 Å². The maximum atomic E-state index is 11.5. The molecule has 0 atom stereocenters. The maximum absolute atomic E-state index is 11.5. The molecule has 0 fully saturated rings. The van der Waals surface area contributed by atoms with Crippen molar-refractivity contribution in [1.29, 1.82) is 0 Å². The van der Waals surface area contributed by atoms with E-state index < -0.39 is 0 Å². The summed E-state index contributed by atoms with van der Waals surface area (Å²) in [7, 11) is 0. The second-order valence-electron chi connectivity index (χ2n) is 3.84. The van der Waals surface area contributed by atoms with Crippen LogP contribution in [-0.4, -0.2) is 17.1 Å². The molecule has 0 unspecified atom stereocenters. The third kappa shape index (κ3) is 5.80. The zero-order chi connectivity index (χ0) is 12.3. The highest BCUT2D eigenvalue weighted by atomic mass is 16.2. The van der Waals surface area contributed by atoms with Crippen molar-refractivity contribution in [2.24, 2.45) is 5.10 Å². The standard InChI is InChI=1S/C13H19N3O/c1-2-3-4-5-6-10-15-16-13(17)12-8-7-9-14-11-12/h7-11H,2-6H2,1H3,(H,16,17). The van der Waals surface area contributed by atoms with Crippen LogP contribution in [0.25, 0.3) is 0 Å². The van der Waals surface area contributed by atoms with E-state index >= 15 is 0 Å². The van der Waals surface area contributed by atoms with Gasteiger partial charge in [-0.25, -0.2) is 5.43 Å². The van der Waals surface area contributed by atoms with E-state index in [2.05, 4.69) is 22.4 Å². The fraction of sp³-hybridized carbons (Fsp3) is 0.462. The summed E-state index contributed by atoms with van der Waals surface area (Å²) >= 11 is 0. The number of nitrogens with one attached hydrogen (secondary N) is 1. The molecule has 0 aliphatic rings. The van der Waals surface area contributed by atoms with Crippen LogP contribution in [0.5, 0.6) is 0 Å². The van der Waals surface area contributed by atoms with Gasteiger partial charge in [0.05, 0.1) is 5.56 Å². The third-order valence-electron chi connectivity index (χ3n) is 2.37. The minimum atomic E-state index is -0.220. The molecule has 1 aromatic rings. The molecule has 0 saturated carbocycles. The summed E-state index contributed by atoms with van der Waals surface area (Å²) < 4.78 is 0. The molecule has 0 saturated heterocycles. The van der Waals surface area contributed by atoms with Gasteiger partial charge in [0.25, 0.3) is 5.91 Å². The topological polar surface area (TPSA) is 54.4 Å². The van der Waals surface area contributed by atoms with Gasteiger partial charge in [-0.3, -0.25) is 9.78 Å². The molecule has 0 radical (unpaired) electrons. The molecule has 4 nitrogen and oxygen atoms in total. The maximum Gasteiger partial charge on any atom is 0.272 e. The Balaban J connectivity index is 2.18. The summed E-state index contributed by atoms with van der Waals surface area (Å²) in [5.74, 6) is -0.220. The zero-order valence-electron chi connectivity index (χ0n) is 10.2. The van der Waals surface area contributed by atoms with E-state index in [4.69, 9.17) is 0 Å². The Kier molecular flexibility index (Phi) is 6.63. The first-order valence-electron chi connectivity index (χ1n) is 6.06. The highest BCUT2D eigenvalue weighted by molar-refractivity contribution is 5.93. The summed E-state index contributed by atoms with van der Waals surface area (Å²) in [5, 5.41) is 3.89. The number of carbonyl (C=O) groups is 1. The van der Waals surface area contributed by atoms with Gasteiger partial charge < -0.3 is 0 Å². The summed E-state index contributed by atoms with van der Waals surface area (Å²) in [6, 6.07) is 3.43. The Morgan fingerprint density at radius 3 is 3.06 bits per heavy atom. The lowest BCUT2D eigenvalue weighted by Gasteiger charge is -1.98. The monoisotopic (exact) mass is 233 g/mol.